The van der Waals surface area contributed by atoms with Gasteiger partial charge >= 0.3 is 0 Å². The first kappa shape index (κ1) is 17.0. The fraction of sp³-hybridized carbons (Fsp3) is 0.611. The lowest BCUT2D eigenvalue weighted by Crippen LogP contribution is -2.37. The van der Waals surface area contributed by atoms with E-state index in [2.05, 4.69) is 20.2 Å². The van der Waals surface area contributed by atoms with Gasteiger partial charge in [0.25, 0.3) is 0 Å². The average molecular weight is 360 g/mol. The molecule has 2 aliphatic rings. The lowest BCUT2D eigenvalue weighted by atomic mass is 10.2. The molecule has 0 unspecified atom stereocenters. The van der Waals surface area contributed by atoms with Crippen LogP contribution in [0.25, 0.3) is 10.8 Å². The van der Waals surface area contributed by atoms with Crippen LogP contribution in [0.3, 0.4) is 0 Å². The fourth-order valence-corrected chi connectivity index (χ4v) is 4.23. The van der Waals surface area contributed by atoms with Gasteiger partial charge in [0, 0.05) is 50.6 Å². The van der Waals surface area contributed by atoms with Crippen molar-refractivity contribution in [2.24, 2.45) is 0 Å². The van der Waals surface area contributed by atoms with Crippen molar-refractivity contribution in [1.29, 1.82) is 0 Å². The lowest BCUT2D eigenvalue weighted by Gasteiger charge is -2.26. The summed E-state index contributed by atoms with van der Waals surface area (Å²) in [5.41, 5.74) is 1.07. The topological polar surface area (TPSA) is 60.4 Å². The molecule has 2 atom stereocenters. The van der Waals surface area contributed by atoms with Gasteiger partial charge in [0.05, 0.1) is 17.9 Å². The van der Waals surface area contributed by atoms with E-state index in [1.165, 1.54) is 12.8 Å². The molecular formula is C18H24N4O2S. The summed E-state index contributed by atoms with van der Waals surface area (Å²) >= 11 is 1.60. The van der Waals surface area contributed by atoms with Gasteiger partial charge in [0.15, 0.2) is 10.8 Å². The van der Waals surface area contributed by atoms with E-state index < -0.39 is 0 Å². The Morgan fingerprint density at radius 2 is 1.72 bits per heavy atom. The van der Waals surface area contributed by atoms with Crippen LogP contribution in [0.15, 0.2) is 23.8 Å². The molecule has 2 aromatic heterocycles. The van der Waals surface area contributed by atoms with Crippen molar-refractivity contribution < 1.29 is 9.47 Å². The normalized spacial score (nSPS) is 23.6. The van der Waals surface area contributed by atoms with E-state index in [0.717, 1.165) is 56.4 Å². The Morgan fingerprint density at radius 1 is 1.04 bits per heavy atom. The van der Waals surface area contributed by atoms with Crippen LogP contribution in [0.4, 0.5) is 0 Å². The number of hydrogen-bond donors (Lipinski definition) is 0. The zero-order valence-electron chi connectivity index (χ0n) is 14.3. The van der Waals surface area contributed by atoms with Gasteiger partial charge < -0.3 is 9.47 Å². The molecule has 6 nitrogen and oxygen atoms in total. The van der Waals surface area contributed by atoms with Gasteiger partial charge in [0.1, 0.15) is 0 Å². The molecular weight excluding hydrogens is 336 g/mol. The first-order valence-corrected chi connectivity index (χ1v) is 9.92. The second kappa shape index (κ2) is 8.31. The maximum atomic E-state index is 5.84. The molecule has 4 heterocycles. The Labute approximate surface area is 152 Å². The van der Waals surface area contributed by atoms with Crippen LogP contribution in [-0.2, 0) is 16.0 Å². The molecule has 4 rings (SSSR count). The van der Waals surface area contributed by atoms with Crippen molar-refractivity contribution >= 4 is 11.3 Å². The molecule has 2 saturated heterocycles. The average Bonchev–Trinajstić information content (AvgIpc) is 3.38. The standard InChI is InChI=1S/C18H24N4O2S/c1-4-15(23-8-1)11-22(12-16-5-2-9-24-16)10-14-13-25-18(21-14)17-19-6-3-7-20-17/h3,6-7,13,15-16H,1-2,4-5,8-12H2/t15-,16+. The van der Waals surface area contributed by atoms with Gasteiger partial charge in [0.2, 0.25) is 0 Å². The van der Waals surface area contributed by atoms with Crippen molar-refractivity contribution in [3.8, 4) is 10.8 Å². The van der Waals surface area contributed by atoms with E-state index in [1.807, 2.05) is 6.07 Å². The summed E-state index contributed by atoms with van der Waals surface area (Å²) in [7, 11) is 0. The molecule has 2 aliphatic heterocycles. The van der Waals surface area contributed by atoms with Gasteiger partial charge in [-0.15, -0.1) is 11.3 Å². The molecule has 0 aliphatic carbocycles. The summed E-state index contributed by atoms with van der Waals surface area (Å²) in [4.78, 5) is 15.8. The summed E-state index contributed by atoms with van der Waals surface area (Å²) in [5, 5.41) is 2.99. The van der Waals surface area contributed by atoms with Crippen molar-refractivity contribution in [3.63, 3.8) is 0 Å². The molecule has 0 radical (unpaired) electrons. The molecule has 7 heteroatoms. The minimum atomic E-state index is 0.344. The Morgan fingerprint density at radius 3 is 2.32 bits per heavy atom. The number of hydrogen-bond acceptors (Lipinski definition) is 7. The number of ether oxygens (including phenoxy) is 2. The largest absolute Gasteiger partial charge is 0.377 e. The van der Waals surface area contributed by atoms with Crippen LogP contribution in [-0.4, -0.2) is 58.4 Å². The number of aromatic nitrogens is 3. The van der Waals surface area contributed by atoms with Crippen molar-refractivity contribution in [3.05, 3.63) is 29.5 Å². The van der Waals surface area contributed by atoms with Crippen molar-refractivity contribution in [2.45, 2.75) is 44.4 Å². The zero-order valence-corrected chi connectivity index (χ0v) is 15.2. The summed E-state index contributed by atoms with van der Waals surface area (Å²) in [5.74, 6) is 0.698. The highest BCUT2D eigenvalue weighted by Gasteiger charge is 2.24. The highest BCUT2D eigenvalue weighted by molar-refractivity contribution is 7.13. The smallest absolute Gasteiger partial charge is 0.188 e. The molecule has 2 aromatic rings. The minimum Gasteiger partial charge on any atom is -0.377 e. The summed E-state index contributed by atoms with van der Waals surface area (Å²) < 4.78 is 11.7. The van der Waals surface area contributed by atoms with Crippen LogP contribution in [0, 0.1) is 0 Å². The number of nitrogens with zero attached hydrogens (tertiary/aromatic N) is 4. The first-order chi connectivity index (χ1) is 12.4. The molecule has 25 heavy (non-hydrogen) atoms. The molecule has 2 fully saturated rings. The van der Waals surface area contributed by atoms with E-state index in [0.29, 0.717) is 18.0 Å². The van der Waals surface area contributed by atoms with Gasteiger partial charge in [-0.2, -0.15) is 0 Å². The summed E-state index contributed by atoms with van der Waals surface area (Å²) in [6, 6.07) is 1.82. The monoisotopic (exact) mass is 360 g/mol. The van der Waals surface area contributed by atoms with Crippen molar-refractivity contribution in [2.75, 3.05) is 26.3 Å². The van der Waals surface area contributed by atoms with E-state index in [4.69, 9.17) is 14.5 Å². The molecule has 0 bridgehead atoms. The second-order valence-electron chi connectivity index (χ2n) is 6.68. The van der Waals surface area contributed by atoms with E-state index >= 15 is 0 Å². The number of rotatable bonds is 7. The van der Waals surface area contributed by atoms with Gasteiger partial charge in [-0.05, 0) is 31.7 Å². The molecule has 134 valence electrons. The van der Waals surface area contributed by atoms with Crippen LogP contribution in [0.5, 0.6) is 0 Å². The third kappa shape index (κ3) is 4.61. The molecule has 0 amide bonds. The SMILES string of the molecule is c1cnc(-c2nc(CN(C[C@H]3CCCO3)C[C@@H]3CCCO3)cs2)nc1. The van der Waals surface area contributed by atoms with Crippen LogP contribution < -0.4 is 0 Å². The lowest BCUT2D eigenvalue weighted by molar-refractivity contribution is 0.0342. The van der Waals surface area contributed by atoms with E-state index in [1.54, 1.807) is 23.7 Å². The molecule has 0 aromatic carbocycles. The van der Waals surface area contributed by atoms with E-state index in [-0.39, 0.29) is 0 Å². The van der Waals surface area contributed by atoms with Crippen LogP contribution in [0.1, 0.15) is 31.4 Å². The fourth-order valence-electron chi connectivity index (χ4n) is 3.48. The van der Waals surface area contributed by atoms with Gasteiger partial charge in [-0.25, -0.2) is 15.0 Å². The molecule has 0 N–H and O–H groups in total. The Bertz CT molecular complexity index is 636. The molecule has 0 saturated carbocycles. The van der Waals surface area contributed by atoms with Crippen molar-refractivity contribution in [1.82, 2.24) is 19.9 Å². The predicted molar refractivity (Wildman–Crippen MR) is 96.4 cm³/mol. The Balaban J connectivity index is 1.42. The van der Waals surface area contributed by atoms with Gasteiger partial charge in [-0.3, -0.25) is 4.90 Å². The first-order valence-electron chi connectivity index (χ1n) is 9.04. The maximum absolute atomic E-state index is 5.84. The minimum absolute atomic E-state index is 0.344. The molecule has 0 spiro atoms. The van der Waals surface area contributed by atoms with Gasteiger partial charge in [-0.1, -0.05) is 0 Å². The predicted octanol–water partition coefficient (Wildman–Crippen LogP) is 2.76. The third-order valence-corrected chi connectivity index (χ3v) is 5.55. The quantitative estimate of drug-likeness (QED) is 0.757. The van der Waals surface area contributed by atoms with Crippen LogP contribution >= 0.6 is 11.3 Å². The van der Waals surface area contributed by atoms with Crippen LogP contribution in [0.2, 0.25) is 0 Å². The third-order valence-electron chi connectivity index (χ3n) is 4.67. The summed E-state index contributed by atoms with van der Waals surface area (Å²) in [6.45, 7) is 4.52. The summed E-state index contributed by atoms with van der Waals surface area (Å²) in [6.07, 6.45) is 8.85. The highest BCUT2D eigenvalue weighted by Crippen LogP contribution is 2.22. The Kier molecular flexibility index (Phi) is 5.66. The van der Waals surface area contributed by atoms with E-state index in [9.17, 15) is 0 Å². The Hall–Kier alpha value is -1.41. The zero-order chi connectivity index (χ0) is 16.9. The highest BCUT2D eigenvalue weighted by atomic mass is 32.1. The second-order valence-corrected chi connectivity index (χ2v) is 7.54. The maximum Gasteiger partial charge on any atom is 0.188 e. The number of thiazole rings is 1.